The van der Waals surface area contributed by atoms with Crippen molar-refractivity contribution in [2.45, 2.75) is 31.8 Å². The van der Waals surface area contributed by atoms with Crippen LogP contribution < -0.4 is 11.1 Å². The van der Waals surface area contributed by atoms with E-state index in [1.165, 1.54) is 0 Å². The first-order valence-corrected chi connectivity index (χ1v) is 14.3. The predicted molar refractivity (Wildman–Crippen MR) is 166 cm³/mol. The monoisotopic (exact) mass is 540 g/mol. The van der Waals surface area contributed by atoms with Crippen LogP contribution in [0, 0.1) is 5.92 Å². The zero-order valence-electron chi connectivity index (χ0n) is 22.8. The number of hydrogen-bond donors (Lipinski definition) is 3. The van der Waals surface area contributed by atoms with Crippen molar-refractivity contribution < 1.29 is 9.90 Å². The summed E-state index contributed by atoms with van der Waals surface area (Å²) in [5.74, 6) is -0.323. The van der Waals surface area contributed by atoms with Gasteiger partial charge in [0.2, 0.25) is 0 Å². The molecule has 0 spiro atoms. The van der Waals surface area contributed by atoms with E-state index < -0.39 is 5.91 Å². The number of rotatable bonds is 6. The smallest absolute Gasteiger partial charge is 0.250 e. The molecule has 0 bridgehead atoms. The lowest BCUT2D eigenvalue weighted by Crippen LogP contribution is -2.30. The van der Waals surface area contributed by atoms with Crippen LogP contribution in [0.25, 0.3) is 49.5 Å². The molecule has 6 heteroatoms. The Hall–Kier alpha value is -4.68. The largest absolute Gasteiger partial charge is 0.393 e. The lowest BCUT2D eigenvalue weighted by atomic mass is 9.86. The maximum absolute atomic E-state index is 12.4. The van der Waals surface area contributed by atoms with E-state index in [2.05, 4.69) is 64.5 Å². The number of aliphatic hydroxyl groups excluding tert-OH is 1. The zero-order chi connectivity index (χ0) is 27.9. The van der Waals surface area contributed by atoms with Crippen LogP contribution >= 0.6 is 0 Å². The summed E-state index contributed by atoms with van der Waals surface area (Å²) in [7, 11) is 0. The lowest BCUT2D eigenvalue weighted by Gasteiger charge is -2.28. The van der Waals surface area contributed by atoms with Gasteiger partial charge in [-0.15, -0.1) is 0 Å². The first-order chi connectivity index (χ1) is 20.1. The molecule has 2 aromatic heterocycles. The number of anilines is 1. The van der Waals surface area contributed by atoms with Crippen LogP contribution in [0.15, 0.2) is 97.2 Å². The molecule has 2 atom stereocenters. The Balaban J connectivity index is 1.38. The number of fused-ring (bicyclic) bond motifs is 4. The average Bonchev–Trinajstić information content (AvgIpc) is 3.35. The second-order valence-electron chi connectivity index (χ2n) is 11.1. The van der Waals surface area contributed by atoms with E-state index in [1.54, 1.807) is 6.07 Å². The molecule has 1 amide bonds. The lowest BCUT2D eigenvalue weighted by molar-refractivity contribution is 0.0763. The van der Waals surface area contributed by atoms with E-state index in [4.69, 9.17) is 10.7 Å². The Morgan fingerprint density at radius 2 is 1.73 bits per heavy atom. The highest BCUT2D eigenvalue weighted by Crippen LogP contribution is 2.39. The van der Waals surface area contributed by atoms with E-state index in [9.17, 15) is 9.90 Å². The Morgan fingerprint density at radius 1 is 0.927 bits per heavy atom. The van der Waals surface area contributed by atoms with Gasteiger partial charge in [0.25, 0.3) is 5.91 Å². The number of amides is 1. The molecule has 41 heavy (non-hydrogen) atoms. The Kier molecular flexibility index (Phi) is 6.40. The number of carbonyl (C=O) groups excluding carboxylic acids is 1. The summed E-state index contributed by atoms with van der Waals surface area (Å²) in [5.41, 5.74) is 13.1. The van der Waals surface area contributed by atoms with Crippen LogP contribution in [0.1, 0.15) is 36.0 Å². The van der Waals surface area contributed by atoms with Gasteiger partial charge in [-0.05, 0) is 60.9 Å². The highest BCUT2D eigenvalue weighted by Gasteiger charge is 2.24. The molecule has 1 fully saturated rings. The van der Waals surface area contributed by atoms with Crippen LogP contribution in [0.4, 0.5) is 5.69 Å². The number of benzene rings is 4. The minimum atomic E-state index is -0.475. The Labute approximate surface area is 238 Å². The number of para-hydroxylation sites is 2. The number of nitrogens with two attached hydrogens (primary N) is 1. The van der Waals surface area contributed by atoms with Gasteiger partial charge in [-0.3, -0.25) is 9.78 Å². The van der Waals surface area contributed by atoms with Gasteiger partial charge in [-0.25, -0.2) is 0 Å². The number of pyridine rings is 1. The van der Waals surface area contributed by atoms with Crippen molar-refractivity contribution in [3.63, 3.8) is 0 Å². The third-order valence-corrected chi connectivity index (χ3v) is 8.55. The predicted octanol–water partition coefficient (Wildman–Crippen LogP) is 7.06. The minimum Gasteiger partial charge on any atom is -0.393 e. The number of primary amides is 1. The molecule has 6 aromatic rings. The molecule has 204 valence electrons. The molecule has 0 aliphatic heterocycles. The molecule has 6 nitrogen and oxygen atoms in total. The number of nitrogens with zero attached hydrogens (tertiary/aromatic N) is 2. The third kappa shape index (κ3) is 4.50. The van der Waals surface area contributed by atoms with Gasteiger partial charge in [0.15, 0.2) is 0 Å². The van der Waals surface area contributed by atoms with E-state index >= 15 is 0 Å². The fraction of sp³-hybridized carbons (Fsp3) is 0.200. The highest BCUT2D eigenvalue weighted by molar-refractivity contribution is 6.16. The number of aromatic nitrogens is 2. The van der Waals surface area contributed by atoms with Crippen LogP contribution in [0.3, 0.4) is 0 Å². The summed E-state index contributed by atoms with van der Waals surface area (Å²) in [4.78, 5) is 17.1. The molecule has 4 N–H and O–H groups in total. The summed E-state index contributed by atoms with van der Waals surface area (Å²) in [6.45, 7) is 0.594. The van der Waals surface area contributed by atoms with Crippen molar-refractivity contribution >= 4 is 44.3 Å². The van der Waals surface area contributed by atoms with E-state index in [1.807, 2.05) is 36.5 Å². The maximum atomic E-state index is 12.4. The molecule has 2 heterocycles. The number of aliphatic hydroxyl groups is 1. The summed E-state index contributed by atoms with van der Waals surface area (Å²) >= 11 is 0. The molecular weight excluding hydrogens is 508 g/mol. The fourth-order valence-electron chi connectivity index (χ4n) is 6.46. The number of hydrogen-bond acceptors (Lipinski definition) is 4. The first-order valence-electron chi connectivity index (χ1n) is 14.3. The summed E-state index contributed by atoms with van der Waals surface area (Å²) in [5, 5.41) is 17.4. The van der Waals surface area contributed by atoms with Crippen molar-refractivity contribution in [2.75, 3.05) is 11.9 Å². The first kappa shape index (κ1) is 25.3. The van der Waals surface area contributed by atoms with E-state index in [-0.39, 0.29) is 12.0 Å². The van der Waals surface area contributed by atoms with Crippen molar-refractivity contribution in [1.29, 1.82) is 0 Å². The summed E-state index contributed by atoms with van der Waals surface area (Å²) in [6, 6.07) is 30.9. The summed E-state index contributed by atoms with van der Waals surface area (Å²) in [6.07, 6.45) is 5.60. The van der Waals surface area contributed by atoms with Crippen LogP contribution in [-0.2, 0) is 0 Å². The number of carbonyl (C=O) groups is 1. The number of nitrogens with one attached hydrogen (secondary N) is 1. The average molecular weight is 541 g/mol. The van der Waals surface area contributed by atoms with Crippen LogP contribution in [-0.4, -0.2) is 33.2 Å². The topological polar surface area (TPSA) is 93.2 Å². The second-order valence-corrected chi connectivity index (χ2v) is 11.1. The SMILES string of the molecule is NC(=O)c1ccc(-n2c3ccccc3c3c(-c4cnc5ccccc5c4)cccc32)cc1NCC1CCCC[C@@H]1O. The molecule has 0 radical (unpaired) electrons. The van der Waals surface area contributed by atoms with Crippen LogP contribution in [0.5, 0.6) is 0 Å². The molecule has 1 saturated carbocycles. The molecule has 1 unspecified atom stereocenters. The van der Waals surface area contributed by atoms with Gasteiger partial charge in [0.05, 0.1) is 28.2 Å². The third-order valence-electron chi connectivity index (χ3n) is 8.55. The standard InChI is InChI=1S/C35H32N4O2/c36-35(41)27-17-16-25(19-30(27)38-20-23-9-2-6-15-33(23)40)39-31-13-5-3-10-28(31)34-26(11-7-14-32(34)39)24-18-22-8-1-4-12-29(22)37-21-24/h1,3-5,7-8,10-14,16-19,21,23,33,38,40H,2,6,9,15,20H2,(H2,36,41)/t23?,33-/m0/s1. The Bertz CT molecular complexity index is 1930. The maximum Gasteiger partial charge on any atom is 0.250 e. The molecule has 1 aliphatic carbocycles. The normalized spacial score (nSPS) is 17.3. The molecule has 7 rings (SSSR count). The zero-order valence-corrected chi connectivity index (χ0v) is 22.8. The minimum absolute atomic E-state index is 0.152. The Morgan fingerprint density at radius 3 is 2.61 bits per heavy atom. The molecule has 4 aromatic carbocycles. The van der Waals surface area contributed by atoms with Gasteiger partial charge < -0.3 is 20.7 Å². The van der Waals surface area contributed by atoms with Gasteiger partial charge in [0, 0.05) is 51.8 Å². The highest BCUT2D eigenvalue weighted by atomic mass is 16.3. The van der Waals surface area contributed by atoms with Crippen LogP contribution in [0.2, 0.25) is 0 Å². The van der Waals surface area contributed by atoms with Crippen molar-refractivity contribution in [3.8, 4) is 16.8 Å². The van der Waals surface area contributed by atoms with Crippen molar-refractivity contribution in [1.82, 2.24) is 9.55 Å². The fourth-order valence-corrected chi connectivity index (χ4v) is 6.46. The van der Waals surface area contributed by atoms with Crippen molar-refractivity contribution in [3.05, 3.63) is 103 Å². The molecule has 1 aliphatic rings. The summed E-state index contributed by atoms with van der Waals surface area (Å²) < 4.78 is 2.24. The van der Waals surface area contributed by atoms with Gasteiger partial charge in [-0.1, -0.05) is 61.4 Å². The second kappa shape index (κ2) is 10.4. The van der Waals surface area contributed by atoms with Gasteiger partial charge in [0.1, 0.15) is 0 Å². The van der Waals surface area contributed by atoms with Gasteiger partial charge >= 0.3 is 0 Å². The van der Waals surface area contributed by atoms with Gasteiger partial charge in [-0.2, -0.15) is 0 Å². The van der Waals surface area contributed by atoms with E-state index in [0.717, 1.165) is 75.2 Å². The molecular formula is C35H32N4O2. The van der Waals surface area contributed by atoms with E-state index in [0.29, 0.717) is 17.8 Å². The van der Waals surface area contributed by atoms with Crippen molar-refractivity contribution in [2.24, 2.45) is 11.7 Å². The molecule has 0 saturated heterocycles. The quantitative estimate of drug-likeness (QED) is 0.211.